The lowest BCUT2D eigenvalue weighted by atomic mass is 10.1. The molecule has 0 aliphatic carbocycles. The first-order valence-corrected chi connectivity index (χ1v) is 8.98. The molecule has 0 aromatic carbocycles. The lowest BCUT2D eigenvalue weighted by molar-refractivity contribution is -0.111. The molecule has 2 aliphatic heterocycles. The summed E-state index contributed by atoms with van der Waals surface area (Å²) in [5.41, 5.74) is 0.307. The van der Waals surface area contributed by atoms with E-state index < -0.39 is 0 Å². The topological polar surface area (TPSA) is 56.7 Å². The standard InChI is InChI=1S/C21H25N3O2/c1-3-5-8-18(19(25)4-2)20(26)10-12-23-14-17-13-16(23)15-24(17)21-9-6-7-11-22-21/h3-12,16-17,25H,13-15H2,1-2H3/b5-3-,12-10+,18-8+,19-4+. The van der Waals surface area contributed by atoms with Crippen molar-refractivity contribution in [2.24, 2.45) is 0 Å². The molecule has 0 saturated carbocycles. The number of nitrogens with zero attached hydrogens (tertiary/aromatic N) is 3. The van der Waals surface area contributed by atoms with E-state index in [1.165, 1.54) is 6.08 Å². The number of allylic oxidation sites excluding steroid dienone is 6. The summed E-state index contributed by atoms with van der Waals surface area (Å²) in [6, 6.07) is 6.80. The van der Waals surface area contributed by atoms with Crippen molar-refractivity contribution >= 4 is 11.6 Å². The van der Waals surface area contributed by atoms with Gasteiger partial charge in [0.05, 0.1) is 5.57 Å². The Labute approximate surface area is 154 Å². The van der Waals surface area contributed by atoms with Gasteiger partial charge in [-0.3, -0.25) is 4.79 Å². The van der Waals surface area contributed by atoms with E-state index in [0.717, 1.165) is 25.3 Å². The van der Waals surface area contributed by atoms with Crippen molar-refractivity contribution in [3.8, 4) is 0 Å². The normalized spacial score (nSPS) is 23.6. The van der Waals surface area contributed by atoms with E-state index >= 15 is 0 Å². The highest BCUT2D eigenvalue weighted by Gasteiger charge is 2.42. The maximum atomic E-state index is 12.5. The van der Waals surface area contributed by atoms with Gasteiger partial charge in [-0.25, -0.2) is 4.98 Å². The number of piperazine rings is 1. The van der Waals surface area contributed by atoms with E-state index in [1.54, 1.807) is 25.2 Å². The van der Waals surface area contributed by atoms with Gasteiger partial charge in [-0.1, -0.05) is 18.2 Å². The minimum Gasteiger partial charge on any atom is -0.508 e. The molecule has 5 nitrogen and oxygen atoms in total. The Morgan fingerprint density at radius 2 is 2.12 bits per heavy atom. The molecule has 136 valence electrons. The van der Waals surface area contributed by atoms with Gasteiger partial charge in [0.25, 0.3) is 0 Å². The van der Waals surface area contributed by atoms with Gasteiger partial charge >= 0.3 is 0 Å². The van der Waals surface area contributed by atoms with Crippen LogP contribution in [0.5, 0.6) is 0 Å². The number of fused-ring (bicyclic) bond motifs is 2. The molecule has 26 heavy (non-hydrogen) atoms. The van der Waals surface area contributed by atoms with Crippen LogP contribution in [-0.2, 0) is 4.79 Å². The highest BCUT2D eigenvalue weighted by Crippen LogP contribution is 2.33. The van der Waals surface area contributed by atoms with Crippen LogP contribution in [0.3, 0.4) is 0 Å². The molecular formula is C21H25N3O2. The first kappa shape index (κ1) is 18.0. The number of aliphatic hydroxyl groups is 1. The Kier molecular flexibility index (Phi) is 5.56. The maximum Gasteiger partial charge on any atom is 0.190 e. The van der Waals surface area contributed by atoms with Crippen LogP contribution >= 0.6 is 0 Å². The van der Waals surface area contributed by atoms with E-state index in [1.807, 2.05) is 43.6 Å². The van der Waals surface area contributed by atoms with Gasteiger partial charge in [0.2, 0.25) is 0 Å². The molecule has 0 amide bonds. The van der Waals surface area contributed by atoms with E-state index in [0.29, 0.717) is 17.7 Å². The molecule has 5 heteroatoms. The van der Waals surface area contributed by atoms with Crippen molar-refractivity contribution in [3.05, 3.63) is 72.3 Å². The zero-order valence-corrected chi connectivity index (χ0v) is 15.2. The number of ketones is 1. The summed E-state index contributed by atoms with van der Waals surface area (Å²) in [7, 11) is 0. The molecule has 2 unspecified atom stereocenters. The Morgan fingerprint density at radius 3 is 2.73 bits per heavy atom. The quantitative estimate of drug-likeness (QED) is 0.484. The molecule has 2 fully saturated rings. The Bertz CT molecular complexity index is 765. The number of aromatic nitrogens is 1. The Hall–Kier alpha value is -2.82. The van der Waals surface area contributed by atoms with Gasteiger partial charge in [0, 0.05) is 43.6 Å². The Balaban J connectivity index is 1.65. The minimum atomic E-state index is -0.192. The molecule has 0 spiro atoms. The fourth-order valence-electron chi connectivity index (χ4n) is 3.58. The van der Waals surface area contributed by atoms with Crippen molar-refractivity contribution < 1.29 is 9.90 Å². The van der Waals surface area contributed by atoms with Crippen LogP contribution in [0.2, 0.25) is 0 Å². The third kappa shape index (κ3) is 3.72. The van der Waals surface area contributed by atoms with Crippen molar-refractivity contribution in [1.29, 1.82) is 0 Å². The maximum absolute atomic E-state index is 12.5. The van der Waals surface area contributed by atoms with E-state index in [4.69, 9.17) is 0 Å². The minimum absolute atomic E-state index is 0.00187. The van der Waals surface area contributed by atoms with Gasteiger partial charge in [0.15, 0.2) is 5.78 Å². The fraction of sp³-hybridized carbons (Fsp3) is 0.333. The summed E-state index contributed by atoms with van der Waals surface area (Å²) < 4.78 is 0. The molecule has 2 bridgehead atoms. The number of rotatable bonds is 6. The number of anilines is 1. The average molecular weight is 351 g/mol. The summed E-state index contributed by atoms with van der Waals surface area (Å²) in [6.45, 7) is 5.38. The second-order valence-electron chi connectivity index (χ2n) is 6.54. The molecule has 0 radical (unpaired) electrons. The second-order valence-corrected chi connectivity index (χ2v) is 6.54. The van der Waals surface area contributed by atoms with Crippen molar-refractivity contribution in [2.45, 2.75) is 32.4 Å². The molecular weight excluding hydrogens is 326 g/mol. The summed E-state index contributed by atoms with van der Waals surface area (Å²) in [5, 5.41) is 9.95. The monoisotopic (exact) mass is 351 g/mol. The predicted octanol–water partition coefficient (Wildman–Crippen LogP) is 3.39. The smallest absolute Gasteiger partial charge is 0.190 e. The van der Waals surface area contributed by atoms with Gasteiger partial charge < -0.3 is 14.9 Å². The molecule has 1 aromatic heterocycles. The molecule has 1 aromatic rings. The van der Waals surface area contributed by atoms with E-state index in [9.17, 15) is 9.90 Å². The highest BCUT2D eigenvalue weighted by atomic mass is 16.3. The van der Waals surface area contributed by atoms with Crippen LogP contribution in [0.25, 0.3) is 0 Å². The van der Waals surface area contributed by atoms with Crippen molar-refractivity contribution in [2.75, 3.05) is 18.0 Å². The van der Waals surface area contributed by atoms with Crippen molar-refractivity contribution in [1.82, 2.24) is 9.88 Å². The Morgan fingerprint density at radius 1 is 1.27 bits per heavy atom. The third-order valence-electron chi connectivity index (χ3n) is 4.91. The average Bonchev–Trinajstić information content (AvgIpc) is 3.27. The predicted molar refractivity (Wildman–Crippen MR) is 104 cm³/mol. The van der Waals surface area contributed by atoms with Gasteiger partial charge in [0.1, 0.15) is 11.6 Å². The second kappa shape index (κ2) is 8.04. The highest BCUT2D eigenvalue weighted by molar-refractivity contribution is 6.06. The molecule has 2 aliphatic rings. The zero-order valence-electron chi connectivity index (χ0n) is 15.2. The molecule has 2 saturated heterocycles. The summed E-state index contributed by atoms with van der Waals surface area (Å²) in [5.74, 6) is 0.833. The first-order valence-electron chi connectivity index (χ1n) is 8.98. The summed E-state index contributed by atoms with van der Waals surface area (Å²) >= 11 is 0. The van der Waals surface area contributed by atoms with Crippen LogP contribution in [-0.4, -0.2) is 45.9 Å². The number of hydrogen-bond donors (Lipinski definition) is 1. The third-order valence-corrected chi connectivity index (χ3v) is 4.91. The number of carbonyl (C=O) groups is 1. The lowest BCUT2D eigenvalue weighted by Crippen LogP contribution is -2.44. The number of aliphatic hydroxyl groups excluding tert-OH is 1. The molecule has 2 atom stereocenters. The molecule has 1 N–H and O–H groups in total. The van der Waals surface area contributed by atoms with Crippen molar-refractivity contribution in [3.63, 3.8) is 0 Å². The van der Waals surface area contributed by atoms with Crippen LogP contribution in [0.1, 0.15) is 20.3 Å². The SMILES string of the molecule is C\C=C/C=C(C(=O)/C=C/N1CC2CC1CN2c1ccccn1)\C(O)=C/C. The zero-order chi connectivity index (χ0) is 18.5. The summed E-state index contributed by atoms with van der Waals surface area (Å²) in [6.07, 6.45) is 13.1. The fourth-order valence-corrected chi connectivity index (χ4v) is 3.58. The number of likely N-dealkylation sites (tertiary alicyclic amines) is 1. The largest absolute Gasteiger partial charge is 0.508 e. The first-order chi connectivity index (χ1) is 12.6. The summed E-state index contributed by atoms with van der Waals surface area (Å²) in [4.78, 5) is 21.5. The van der Waals surface area contributed by atoms with Gasteiger partial charge in [-0.15, -0.1) is 0 Å². The van der Waals surface area contributed by atoms with Crippen LogP contribution in [0.15, 0.2) is 72.3 Å². The van der Waals surface area contributed by atoms with Gasteiger partial charge in [-0.2, -0.15) is 0 Å². The van der Waals surface area contributed by atoms with Crippen LogP contribution in [0.4, 0.5) is 5.82 Å². The van der Waals surface area contributed by atoms with Crippen LogP contribution in [0, 0.1) is 0 Å². The van der Waals surface area contributed by atoms with E-state index in [2.05, 4.69) is 14.8 Å². The molecule has 3 heterocycles. The number of hydrogen-bond acceptors (Lipinski definition) is 5. The van der Waals surface area contributed by atoms with Crippen LogP contribution < -0.4 is 4.90 Å². The number of pyridine rings is 1. The number of carbonyl (C=O) groups excluding carboxylic acids is 1. The lowest BCUT2D eigenvalue weighted by Gasteiger charge is -2.34. The van der Waals surface area contributed by atoms with E-state index in [-0.39, 0.29) is 11.5 Å². The van der Waals surface area contributed by atoms with Gasteiger partial charge in [-0.05, 0) is 44.6 Å². The molecule has 3 rings (SSSR count).